The van der Waals surface area contributed by atoms with Gasteiger partial charge in [-0.1, -0.05) is 17.7 Å². The normalized spacial score (nSPS) is 16.7. The number of aliphatic hydroxyl groups is 2. The molecule has 3 rings (SSSR count). The number of piperazine rings is 1. The zero-order valence-corrected chi connectivity index (χ0v) is 17.4. The van der Waals surface area contributed by atoms with Gasteiger partial charge in [-0.15, -0.1) is 0 Å². The maximum absolute atomic E-state index is 13.4. The number of β-amino-alcohol motifs (C(OH)–C–C–N with tert-alkyl or cyclic N) is 2. The van der Waals surface area contributed by atoms with Crippen molar-refractivity contribution in [1.82, 2.24) is 9.80 Å². The molecule has 158 valence electrons. The highest BCUT2D eigenvalue weighted by molar-refractivity contribution is 6.31. The van der Waals surface area contributed by atoms with Crippen LogP contribution in [-0.2, 0) is 0 Å². The zero-order chi connectivity index (χ0) is 20.8. The molecule has 2 aromatic carbocycles. The third-order valence-corrected chi connectivity index (χ3v) is 5.38. The largest absolute Gasteiger partial charge is 0.491 e. The Morgan fingerprint density at radius 3 is 2.52 bits per heavy atom. The maximum atomic E-state index is 13.4. The van der Waals surface area contributed by atoms with Crippen molar-refractivity contribution in [2.24, 2.45) is 0 Å². The van der Waals surface area contributed by atoms with E-state index in [2.05, 4.69) is 9.80 Å². The van der Waals surface area contributed by atoms with Gasteiger partial charge in [0.1, 0.15) is 24.3 Å². The lowest BCUT2D eigenvalue weighted by Crippen LogP contribution is -2.49. The van der Waals surface area contributed by atoms with Crippen LogP contribution in [0.4, 0.5) is 4.39 Å². The summed E-state index contributed by atoms with van der Waals surface area (Å²) in [7, 11) is 0. The molecule has 7 heteroatoms. The van der Waals surface area contributed by atoms with E-state index in [0.717, 1.165) is 42.9 Å². The maximum Gasteiger partial charge on any atom is 0.123 e. The number of ether oxygens (including phenoxy) is 1. The van der Waals surface area contributed by atoms with Gasteiger partial charge in [-0.05, 0) is 53.9 Å². The molecule has 1 heterocycles. The van der Waals surface area contributed by atoms with Gasteiger partial charge in [0.25, 0.3) is 0 Å². The van der Waals surface area contributed by atoms with Crippen LogP contribution in [0.5, 0.6) is 5.75 Å². The van der Waals surface area contributed by atoms with Crippen molar-refractivity contribution in [2.45, 2.75) is 13.0 Å². The summed E-state index contributed by atoms with van der Waals surface area (Å²) in [5, 5.41) is 19.9. The second-order valence-electron chi connectivity index (χ2n) is 7.47. The fourth-order valence-corrected chi connectivity index (χ4v) is 3.86. The van der Waals surface area contributed by atoms with Gasteiger partial charge >= 0.3 is 0 Å². The lowest BCUT2D eigenvalue weighted by atomic mass is 10.0. The van der Waals surface area contributed by atoms with Crippen molar-refractivity contribution in [3.05, 3.63) is 52.8 Å². The van der Waals surface area contributed by atoms with E-state index in [9.17, 15) is 9.50 Å². The molecule has 1 saturated heterocycles. The molecule has 5 nitrogen and oxygen atoms in total. The van der Waals surface area contributed by atoms with E-state index in [0.29, 0.717) is 23.9 Å². The summed E-state index contributed by atoms with van der Waals surface area (Å²) in [5.74, 6) is 0.299. The van der Waals surface area contributed by atoms with Crippen molar-refractivity contribution >= 4 is 11.6 Å². The molecular formula is C22H28ClFN2O3. The quantitative estimate of drug-likeness (QED) is 0.685. The lowest BCUT2D eigenvalue weighted by Gasteiger charge is -2.35. The van der Waals surface area contributed by atoms with Crippen LogP contribution in [0.2, 0.25) is 5.02 Å². The second kappa shape index (κ2) is 10.4. The van der Waals surface area contributed by atoms with Gasteiger partial charge in [0.15, 0.2) is 0 Å². The third kappa shape index (κ3) is 6.39. The molecule has 0 bridgehead atoms. The minimum absolute atomic E-state index is 0.166. The summed E-state index contributed by atoms with van der Waals surface area (Å²) < 4.78 is 19.2. The van der Waals surface area contributed by atoms with Crippen molar-refractivity contribution < 1.29 is 19.3 Å². The summed E-state index contributed by atoms with van der Waals surface area (Å²) in [6.45, 7) is 6.94. The summed E-state index contributed by atoms with van der Waals surface area (Å²) in [4.78, 5) is 4.41. The van der Waals surface area contributed by atoms with Crippen LogP contribution in [-0.4, -0.2) is 78.6 Å². The van der Waals surface area contributed by atoms with Crippen molar-refractivity contribution in [3.8, 4) is 16.9 Å². The average Bonchev–Trinajstić information content (AvgIpc) is 2.68. The Labute approximate surface area is 176 Å². The van der Waals surface area contributed by atoms with Crippen LogP contribution in [0.25, 0.3) is 11.1 Å². The molecule has 29 heavy (non-hydrogen) atoms. The summed E-state index contributed by atoms with van der Waals surface area (Å²) in [6.07, 6.45) is -0.616. The Balaban J connectivity index is 1.56. The van der Waals surface area contributed by atoms with Crippen molar-refractivity contribution in [2.75, 3.05) is 52.5 Å². The van der Waals surface area contributed by atoms with E-state index in [1.54, 1.807) is 12.1 Å². The average molecular weight is 423 g/mol. The number of halogens is 2. The van der Waals surface area contributed by atoms with Gasteiger partial charge in [-0.2, -0.15) is 0 Å². The van der Waals surface area contributed by atoms with Gasteiger partial charge in [-0.3, -0.25) is 9.80 Å². The number of rotatable bonds is 8. The molecule has 1 atom stereocenters. The fourth-order valence-electron chi connectivity index (χ4n) is 3.63. The predicted molar refractivity (Wildman–Crippen MR) is 113 cm³/mol. The number of nitrogens with zero attached hydrogens (tertiary/aromatic N) is 2. The van der Waals surface area contributed by atoms with Crippen molar-refractivity contribution in [1.29, 1.82) is 0 Å². The number of hydrogen-bond acceptors (Lipinski definition) is 5. The minimum atomic E-state index is -0.616. The van der Waals surface area contributed by atoms with Crippen LogP contribution in [0, 0.1) is 12.7 Å². The Bertz CT molecular complexity index is 813. The molecule has 1 aliphatic heterocycles. The molecule has 0 radical (unpaired) electrons. The molecule has 0 spiro atoms. The van der Waals surface area contributed by atoms with E-state index in [1.807, 2.05) is 19.1 Å². The highest BCUT2D eigenvalue weighted by atomic mass is 35.5. The molecule has 0 aliphatic carbocycles. The number of aliphatic hydroxyl groups excluding tert-OH is 2. The van der Waals surface area contributed by atoms with E-state index in [4.69, 9.17) is 21.4 Å². The standard InChI is InChI=1S/C22H28ClFN2O3/c1-16-10-19(24)2-3-22(16)17-11-18(23)13-21(12-17)29-15-20(28)14-26-6-4-25(5-7-26)8-9-27/h2-3,10-13,20,27-28H,4-9,14-15H2,1H3. The Morgan fingerprint density at radius 1 is 1.10 bits per heavy atom. The summed E-state index contributed by atoms with van der Waals surface area (Å²) >= 11 is 6.25. The van der Waals surface area contributed by atoms with Crippen LogP contribution >= 0.6 is 11.6 Å². The first kappa shape index (κ1) is 22.0. The first-order valence-electron chi connectivity index (χ1n) is 9.88. The molecule has 1 aliphatic rings. The molecule has 0 saturated carbocycles. The Hall–Kier alpha value is -1.70. The Kier molecular flexibility index (Phi) is 7.86. The molecule has 2 aromatic rings. The van der Waals surface area contributed by atoms with Crippen molar-refractivity contribution in [3.63, 3.8) is 0 Å². The zero-order valence-electron chi connectivity index (χ0n) is 16.7. The van der Waals surface area contributed by atoms with Gasteiger partial charge < -0.3 is 14.9 Å². The topological polar surface area (TPSA) is 56.2 Å². The number of aryl methyl sites for hydroxylation is 1. The fraction of sp³-hybridized carbons (Fsp3) is 0.455. The highest BCUT2D eigenvalue weighted by Gasteiger charge is 2.19. The molecule has 1 fully saturated rings. The molecule has 1 unspecified atom stereocenters. The van der Waals surface area contributed by atoms with Crippen LogP contribution in [0.1, 0.15) is 5.56 Å². The van der Waals surface area contributed by atoms with Crippen LogP contribution < -0.4 is 4.74 Å². The molecule has 0 amide bonds. The highest BCUT2D eigenvalue weighted by Crippen LogP contribution is 2.31. The lowest BCUT2D eigenvalue weighted by molar-refractivity contribution is 0.0428. The number of benzene rings is 2. The first-order valence-corrected chi connectivity index (χ1v) is 10.3. The monoisotopic (exact) mass is 422 g/mol. The van der Waals surface area contributed by atoms with Gasteiger partial charge in [0, 0.05) is 44.3 Å². The van der Waals surface area contributed by atoms with Gasteiger partial charge in [-0.25, -0.2) is 4.39 Å². The van der Waals surface area contributed by atoms with E-state index in [-0.39, 0.29) is 19.0 Å². The van der Waals surface area contributed by atoms with Crippen LogP contribution in [0.15, 0.2) is 36.4 Å². The van der Waals surface area contributed by atoms with Gasteiger partial charge in [0.2, 0.25) is 0 Å². The number of hydrogen-bond donors (Lipinski definition) is 2. The molecule has 2 N–H and O–H groups in total. The summed E-state index contributed by atoms with van der Waals surface area (Å²) in [5.41, 5.74) is 2.55. The second-order valence-corrected chi connectivity index (χ2v) is 7.90. The van der Waals surface area contributed by atoms with Gasteiger partial charge in [0.05, 0.1) is 6.61 Å². The Morgan fingerprint density at radius 2 is 1.83 bits per heavy atom. The SMILES string of the molecule is Cc1cc(F)ccc1-c1cc(Cl)cc(OCC(O)CN2CCN(CCO)CC2)c1. The van der Waals surface area contributed by atoms with E-state index >= 15 is 0 Å². The molecular weight excluding hydrogens is 395 g/mol. The smallest absolute Gasteiger partial charge is 0.123 e. The van der Waals surface area contributed by atoms with Crippen LogP contribution in [0.3, 0.4) is 0 Å². The van der Waals surface area contributed by atoms with E-state index in [1.165, 1.54) is 12.1 Å². The molecule has 0 aromatic heterocycles. The minimum Gasteiger partial charge on any atom is -0.491 e. The third-order valence-electron chi connectivity index (χ3n) is 5.16. The predicted octanol–water partition coefficient (Wildman–Crippen LogP) is 2.80. The summed E-state index contributed by atoms with van der Waals surface area (Å²) in [6, 6.07) is 10.0. The van der Waals surface area contributed by atoms with E-state index < -0.39 is 6.10 Å². The first-order chi connectivity index (χ1) is 13.9.